The van der Waals surface area contributed by atoms with E-state index in [1.165, 1.54) is 20.8 Å². The highest BCUT2D eigenvalue weighted by Gasteiger charge is 2.30. The largest absolute Gasteiger partial charge is 0.480 e. The highest BCUT2D eigenvalue weighted by atomic mass is 32.2. The van der Waals surface area contributed by atoms with Crippen LogP contribution in [-0.2, 0) is 24.8 Å². The van der Waals surface area contributed by atoms with Crippen LogP contribution in [0.1, 0.15) is 20.8 Å². The lowest BCUT2D eigenvalue weighted by molar-refractivity contribution is -0.140. The van der Waals surface area contributed by atoms with Crippen LogP contribution >= 0.6 is 0 Å². The molecule has 24 heavy (non-hydrogen) atoms. The second kappa shape index (κ2) is 7.03. The summed E-state index contributed by atoms with van der Waals surface area (Å²) >= 11 is 0. The highest BCUT2D eigenvalue weighted by molar-refractivity contribution is 7.93. The number of likely N-dealkylation sites (N-methyl/N-ethyl adjacent to an activating group) is 1. The monoisotopic (exact) mass is 382 g/mol. The summed E-state index contributed by atoms with van der Waals surface area (Å²) in [6.45, 7) is 3.98. The van der Waals surface area contributed by atoms with Crippen LogP contribution in [0.3, 0.4) is 0 Å². The van der Waals surface area contributed by atoms with E-state index in [1.807, 2.05) is 4.72 Å². The van der Waals surface area contributed by atoms with Crippen molar-refractivity contribution in [2.45, 2.75) is 37.0 Å². The van der Waals surface area contributed by atoms with Gasteiger partial charge in [-0.25, -0.2) is 21.2 Å². The summed E-state index contributed by atoms with van der Waals surface area (Å²) in [4.78, 5) is 10.4. The zero-order chi connectivity index (χ0) is 18.9. The second-order valence-electron chi connectivity index (χ2n) is 5.37. The second-order valence-corrected chi connectivity index (χ2v) is 9.61. The average molecular weight is 382 g/mol. The van der Waals surface area contributed by atoms with Crippen LogP contribution in [0.4, 0.5) is 10.1 Å². The number of carbonyl (C=O) groups is 1. The average Bonchev–Trinajstić information content (AvgIpc) is 2.47. The van der Waals surface area contributed by atoms with Crippen molar-refractivity contribution in [1.29, 1.82) is 0 Å². The van der Waals surface area contributed by atoms with E-state index in [2.05, 4.69) is 0 Å². The number of hydrogen-bond acceptors (Lipinski definition) is 5. The molecular weight excluding hydrogens is 363 g/mol. The molecule has 1 unspecified atom stereocenters. The SMILES string of the molecule is CC(C(=O)O)N(C)S(=O)(=O)c1ccc(NS(=O)(=O)C(C)C)c(F)c1. The molecule has 0 amide bonds. The molecule has 8 nitrogen and oxygen atoms in total. The first-order valence-corrected chi connectivity index (χ1v) is 9.81. The Bertz CT molecular complexity index is 836. The van der Waals surface area contributed by atoms with Gasteiger partial charge in [-0.1, -0.05) is 0 Å². The van der Waals surface area contributed by atoms with Crippen molar-refractivity contribution in [3.05, 3.63) is 24.0 Å². The molecule has 0 saturated carbocycles. The van der Waals surface area contributed by atoms with Crippen LogP contribution in [0.2, 0.25) is 0 Å². The number of anilines is 1. The molecule has 0 aromatic heterocycles. The van der Waals surface area contributed by atoms with Gasteiger partial charge < -0.3 is 5.11 Å². The Labute approximate surface area is 140 Å². The third-order valence-electron chi connectivity index (χ3n) is 3.39. The summed E-state index contributed by atoms with van der Waals surface area (Å²) in [5.41, 5.74) is -0.392. The Balaban J connectivity index is 3.22. The fourth-order valence-electron chi connectivity index (χ4n) is 1.54. The van der Waals surface area contributed by atoms with Gasteiger partial charge in [0.05, 0.1) is 15.8 Å². The van der Waals surface area contributed by atoms with Crippen LogP contribution < -0.4 is 4.72 Å². The first kappa shape index (κ1) is 20.3. The van der Waals surface area contributed by atoms with E-state index >= 15 is 0 Å². The Morgan fingerprint density at radius 1 is 1.21 bits per heavy atom. The number of hydrogen-bond donors (Lipinski definition) is 2. The smallest absolute Gasteiger partial charge is 0.321 e. The van der Waals surface area contributed by atoms with Crippen LogP contribution in [0.15, 0.2) is 23.1 Å². The molecule has 1 atom stereocenters. The zero-order valence-corrected chi connectivity index (χ0v) is 15.1. The fourth-order valence-corrected chi connectivity index (χ4v) is 3.58. The molecule has 0 heterocycles. The van der Waals surface area contributed by atoms with Crippen LogP contribution in [0, 0.1) is 5.82 Å². The number of carboxylic acids is 1. The molecule has 0 aliphatic carbocycles. The lowest BCUT2D eigenvalue weighted by Crippen LogP contribution is -2.40. The molecule has 0 saturated heterocycles. The molecular formula is C13H19FN2O6S2. The summed E-state index contributed by atoms with van der Waals surface area (Å²) < 4.78 is 64.7. The quantitative estimate of drug-likeness (QED) is 0.728. The van der Waals surface area contributed by atoms with Gasteiger partial charge in [0.1, 0.15) is 11.9 Å². The lowest BCUT2D eigenvalue weighted by atomic mass is 10.3. The maximum absolute atomic E-state index is 14.1. The Morgan fingerprint density at radius 2 is 1.75 bits per heavy atom. The predicted molar refractivity (Wildman–Crippen MR) is 86.1 cm³/mol. The molecule has 0 bridgehead atoms. The van der Waals surface area contributed by atoms with Gasteiger partial charge in [-0.2, -0.15) is 4.31 Å². The molecule has 1 rings (SSSR count). The first-order valence-electron chi connectivity index (χ1n) is 6.82. The van der Waals surface area contributed by atoms with Gasteiger partial charge >= 0.3 is 5.97 Å². The number of halogens is 1. The van der Waals surface area contributed by atoms with E-state index in [4.69, 9.17) is 5.11 Å². The maximum Gasteiger partial charge on any atom is 0.321 e. The van der Waals surface area contributed by atoms with E-state index in [0.29, 0.717) is 10.4 Å². The number of sulfonamides is 2. The Hall–Kier alpha value is -1.72. The summed E-state index contributed by atoms with van der Waals surface area (Å²) in [7, 11) is -6.98. The molecule has 0 aliphatic heterocycles. The van der Waals surface area contributed by atoms with Gasteiger partial charge in [0.25, 0.3) is 0 Å². The number of carboxylic acid groups (broad SMARTS) is 1. The predicted octanol–water partition coefficient (Wildman–Crippen LogP) is 1.07. The van der Waals surface area contributed by atoms with Crippen molar-refractivity contribution >= 4 is 31.7 Å². The van der Waals surface area contributed by atoms with Gasteiger partial charge in [-0.15, -0.1) is 0 Å². The standard InChI is InChI=1S/C13H19FN2O6S2/c1-8(2)23(19,20)15-12-6-5-10(7-11(12)14)24(21,22)16(4)9(3)13(17)18/h5-9,15H,1-4H3,(H,17,18). The molecule has 1 aromatic rings. The van der Waals surface area contributed by atoms with Crippen molar-refractivity contribution in [2.24, 2.45) is 0 Å². The van der Waals surface area contributed by atoms with Gasteiger partial charge in [0.15, 0.2) is 0 Å². The molecule has 11 heteroatoms. The van der Waals surface area contributed by atoms with Crippen molar-refractivity contribution in [1.82, 2.24) is 4.31 Å². The zero-order valence-electron chi connectivity index (χ0n) is 13.5. The van der Waals surface area contributed by atoms with Crippen molar-refractivity contribution in [3.63, 3.8) is 0 Å². The van der Waals surface area contributed by atoms with E-state index in [1.54, 1.807) is 0 Å². The van der Waals surface area contributed by atoms with E-state index in [-0.39, 0.29) is 0 Å². The first-order chi connectivity index (χ1) is 10.8. The molecule has 0 fully saturated rings. The minimum atomic E-state index is -4.25. The van der Waals surface area contributed by atoms with E-state index < -0.39 is 53.7 Å². The Morgan fingerprint density at radius 3 is 2.17 bits per heavy atom. The molecule has 136 valence electrons. The summed E-state index contributed by atoms with van der Waals surface area (Å²) in [6, 6.07) is 1.26. The molecule has 0 spiro atoms. The third-order valence-corrected chi connectivity index (χ3v) is 7.06. The van der Waals surface area contributed by atoms with Gasteiger partial charge in [0.2, 0.25) is 20.0 Å². The molecule has 1 aromatic carbocycles. The van der Waals surface area contributed by atoms with Crippen molar-refractivity contribution in [3.8, 4) is 0 Å². The summed E-state index contributed by atoms with van der Waals surface area (Å²) in [5.74, 6) is -2.44. The number of aliphatic carboxylic acids is 1. The summed E-state index contributed by atoms with van der Waals surface area (Å²) in [6.07, 6.45) is 0. The fraction of sp³-hybridized carbons (Fsp3) is 0.462. The molecule has 0 aliphatic rings. The number of nitrogens with one attached hydrogen (secondary N) is 1. The van der Waals surface area contributed by atoms with E-state index in [0.717, 1.165) is 19.2 Å². The van der Waals surface area contributed by atoms with Crippen LogP contribution in [-0.4, -0.2) is 50.6 Å². The summed E-state index contributed by atoms with van der Waals surface area (Å²) in [5, 5.41) is 8.08. The maximum atomic E-state index is 14.1. The third kappa shape index (κ3) is 4.22. The number of benzene rings is 1. The van der Waals surface area contributed by atoms with Crippen LogP contribution in [0.5, 0.6) is 0 Å². The van der Waals surface area contributed by atoms with Crippen molar-refractivity contribution in [2.75, 3.05) is 11.8 Å². The highest BCUT2D eigenvalue weighted by Crippen LogP contribution is 2.23. The minimum Gasteiger partial charge on any atom is -0.480 e. The lowest BCUT2D eigenvalue weighted by Gasteiger charge is -2.21. The van der Waals surface area contributed by atoms with Crippen molar-refractivity contribution < 1.29 is 31.1 Å². The normalized spacial score (nSPS) is 14.0. The number of nitrogens with zero attached hydrogens (tertiary/aromatic N) is 1. The van der Waals surface area contributed by atoms with E-state index in [9.17, 15) is 26.0 Å². The van der Waals surface area contributed by atoms with Crippen LogP contribution in [0.25, 0.3) is 0 Å². The number of rotatable bonds is 7. The minimum absolute atomic E-state index is 0.392. The van der Waals surface area contributed by atoms with Gasteiger partial charge in [0, 0.05) is 7.05 Å². The molecule has 0 radical (unpaired) electrons. The molecule has 2 N–H and O–H groups in total. The van der Waals surface area contributed by atoms with Gasteiger partial charge in [-0.05, 0) is 39.0 Å². The topological polar surface area (TPSA) is 121 Å². The van der Waals surface area contributed by atoms with Gasteiger partial charge in [-0.3, -0.25) is 9.52 Å². The Kier molecular flexibility index (Phi) is 5.95.